The predicted molar refractivity (Wildman–Crippen MR) is 114 cm³/mol. The van der Waals surface area contributed by atoms with E-state index < -0.39 is 0 Å². The molecule has 2 aromatic rings. The van der Waals surface area contributed by atoms with Crippen LogP contribution in [0.2, 0.25) is 5.02 Å². The Hall–Kier alpha value is -2.32. The van der Waals surface area contributed by atoms with Crippen LogP contribution in [0.25, 0.3) is 5.69 Å². The molecule has 0 N–H and O–H groups in total. The van der Waals surface area contributed by atoms with Crippen LogP contribution in [0.4, 0.5) is 5.82 Å². The Kier molecular flexibility index (Phi) is 5.16. The maximum atomic E-state index is 12.1. The van der Waals surface area contributed by atoms with Crippen molar-refractivity contribution in [1.82, 2.24) is 19.6 Å². The molecule has 2 aliphatic rings. The van der Waals surface area contributed by atoms with Crippen molar-refractivity contribution in [3.05, 3.63) is 40.5 Å². The Labute approximate surface area is 173 Å². The van der Waals surface area contributed by atoms with Gasteiger partial charge in [-0.25, -0.2) is 9.67 Å². The Bertz CT molecular complexity index is 996. The summed E-state index contributed by atoms with van der Waals surface area (Å²) >= 11 is 7.75. The molecule has 1 aromatic carbocycles. The Morgan fingerprint density at radius 2 is 2.18 bits per heavy atom. The first-order valence-electron chi connectivity index (χ1n) is 9.04. The van der Waals surface area contributed by atoms with Crippen LogP contribution in [-0.2, 0) is 4.79 Å². The van der Waals surface area contributed by atoms with Crippen molar-refractivity contribution in [3.8, 4) is 5.69 Å². The SMILES string of the molecule is Cc1ccc(-n2ncc3c2N=C(SCC(=O)N(C)C)N2CCCN=C32)cc1Cl. The number of carbonyl (C=O) groups excluding carboxylic acids is 1. The molecule has 7 nitrogen and oxygen atoms in total. The molecule has 28 heavy (non-hydrogen) atoms. The Balaban J connectivity index is 1.75. The van der Waals surface area contributed by atoms with Crippen molar-refractivity contribution < 1.29 is 4.79 Å². The molecule has 0 saturated carbocycles. The molecule has 1 aromatic heterocycles. The Morgan fingerprint density at radius 3 is 2.93 bits per heavy atom. The molecule has 2 aliphatic heterocycles. The molecule has 146 valence electrons. The van der Waals surface area contributed by atoms with Gasteiger partial charge in [0, 0.05) is 32.2 Å². The van der Waals surface area contributed by atoms with Gasteiger partial charge in [0.1, 0.15) is 5.84 Å². The van der Waals surface area contributed by atoms with Gasteiger partial charge < -0.3 is 9.80 Å². The van der Waals surface area contributed by atoms with Crippen LogP contribution < -0.4 is 0 Å². The van der Waals surface area contributed by atoms with Gasteiger partial charge in [0.15, 0.2) is 11.0 Å². The molecular weight excluding hydrogens is 396 g/mol. The van der Waals surface area contributed by atoms with Gasteiger partial charge in [-0.1, -0.05) is 29.4 Å². The van der Waals surface area contributed by atoms with E-state index in [0.29, 0.717) is 10.8 Å². The number of carbonyl (C=O) groups is 1. The molecule has 0 bridgehead atoms. The van der Waals surface area contributed by atoms with Crippen LogP contribution in [0.5, 0.6) is 0 Å². The zero-order valence-electron chi connectivity index (χ0n) is 16.0. The average Bonchev–Trinajstić information content (AvgIpc) is 3.12. The highest BCUT2D eigenvalue weighted by Gasteiger charge is 2.32. The lowest BCUT2D eigenvalue weighted by Gasteiger charge is -2.32. The maximum absolute atomic E-state index is 12.1. The molecule has 0 fully saturated rings. The Morgan fingerprint density at radius 1 is 1.36 bits per heavy atom. The summed E-state index contributed by atoms with van der Waals surface area (Å²) in [5.74, 6) is 1.97. The number of aryl methyl sites for hydroxylation is 1. The summed E-state index contributed by atoms with van der Waals surface area (Å²) in [4.78, 5) is 25.3. The van der Waals surface area contributed by atoms with Crippen LogP contribution in [0, 0.1) is 6.92 Å². The number of nitrogens with zero attached hydrogens (tertiary/aromatic N) is 6. The zero-order chi connectivity index (χ0) is 19.8. The number of amidine groups is 2. The molecule has 0 unspecified atom stereocenters. The second-order valence-corrected chi connectivity index (χ2v) is 8.26. The number of hydrogen-bond acceptors (Lipinski definition) is 6. The van der Waals surface area contributed by atoms with E-state index >= 15 is 0 Å². The first-order chi connectivity index (χ1) is 13.5. The fraction of sp³-hybridized carbons (Fsp3) is 0.368. The van der Waals surface area contributed by atoms with Gasteiger partial charge in [0.25, 0.3) is 0 Å². The van der Waals surface area contributed by atoms with E-state index in [4.69, 9.17) is 21.6 Å². The van der Waals surface area contributed by atoms with Crippen LogP contribution >= 0.6 is 23.4 Å². The molecule has 1 amide bonds. The topological polar surface area (TPSA) is 66.1 Å². The van der Waals surface area contributed by atoms with Gasteiger partial charge in [-0.2, -0.15) is 5.10 Å². The van der Waals surface area contributed by atoms with Crippen LogP contribution in [-0.4, -0.2) is 69.4 Å². The molecule has 0 aliphatic carbocycles. The first-order valence-corrected chi connectivity index (χ1v) is 10.4. The summed E-state index contributed by atoms with van der Waals surface area (Å²) in [6, 6.07) is 5.83. The van der Waals surface area contributed by atoms with Crippen LogP contribution in [0.15, 0.2) is 34.4 Å². The summed E-state index contributed by atoms with van der Waals surface area (Å²) in [6.45, 7) is 3.58. The molecular formula is C19H21ClN6OS. The quantitative estimate of drug-likeness (QED) is 0.771. The smallest absolute Gasteiger partial charge is 0.232 e. The van der Waals surface area contributed by atoms with E-state index in [1.54, 1.807) is 29.9 Å². The lowest BCUT2D eigenvalue weighted by molar-refractivity contribution is -0.125. The lowest BCUT2D eigenvalue weighted by Crippen LogP contribution is -2.42. The summed E-state index contributed by atoms with van der Waals surface area (Å²) in [7, 11) is 3.52. The van der Waals surface area contributed by atoms with E-state index in [-0.39, 0.29) is 5.91 Å². The summed E-state index contributed by atoms with van der Waals surface area (Å²) in [5, 5.41) is 6.01. The van der Waals surface area contributed by atoms with Crippen molar-refractivity contribution in [2.45, 2.75) is 13.3 Å². The van der Waals surface area contributed by atoms with Crippen molar-refractivity contribution in [3.63, 3.8) is 0 Å². The predicted octanol–water partition coefficient (Wildman–Crippen LogP) is 3.11. The number of thioether (sulfide) groups is 1. The fourth-order valence-corrected chi connectivity index (χ4v) is 4.22. The third kappa shape index (κ3) is 3.42. The normalized spacial score (nSPS) is 15.5. The van der Waals surface area contributed by atoms with E-state index in [1.165, 1.54) is 11.8 Å². The van der Waals surface area contributed by atoms with Gasteiger partial charge in [0.2, 0.25) is 5.91 Å². The maximum Gasteiger partial charge on any atom is 0.232 e. The number of amides is 1. The van der Waals surface area contributed by atoms with E-state index in [2.05, 4.69) is 10.00 Å². The number of benzene rings is 1. The number of rotatable bonds is 3. The third-order valence-corrected chi connectivity index (χ3v) is 6.07. The van der Waals surface area contributed by atoms with Crippen molar-refractivity contribution in [2.75, 3.05) is 32.9 Å². The standard InChI is InChI=1S/C19H21ClN6OS/c1-12-5-6-13(9-15(12)20)26-18-14(10-22-26)17-21-7-4-8-25(17)19(23-18)28-11-16(27)24(2)3/h5-6,9-10H,4,7-8,11H2,1-3H3. The molecule has 0 atom stereocenters. The monoisotopic (exact) mass is 416 g/mol. The lowest BCUT2D eigenvalue weighted by atomic mass is 10.2. The minimum Gasteiger partial charge on any atom is -0.348 e. The van der Waals surface area contributed by atoms with Gasteiger partial charge in [0.05, 0.1) is 23.2 Å². The highest BCUT2D eigenvalue weighted by molar-refractivity contribution is 8.14. The van der Waals surface area contributed by atoms with Gasteiger partial charge >= 0.3 is 0 Å². The first kappa shape index (κ1) is 19.0. The zero-order valence-corrected chi connectivity index (χ0v) is 17.6. The van der Waals surface area contributed by atoms with Crippen molar-refractivity contribution in [1.29, 1.82) is 0 Å². The minimum absolute atomic E-state index is 0.0489. The summed E-state index contributed by atoms with van der Waals surface area (Å²) in [5.41, 5.74) is 2.76. The number of hydrogen-bond donors (Lipinski definition) is 0. The highest BCUT2D eigenvalue weighted by Crippen LogP contribution is 2.34. The largest absolute Gasteiger partial charge is 0.348 e. The molecule has 9 heteroatoms. The van der Waals surface area contributed by atoms with E-state index in [1.807, 2.05) is 25.1 Å². The summed E-state index contributed by atoms with van der Waals surface area (Å²) in [6.07, 6.45) is 2.76. The van der Waals surface area contributed by atoms with Crippen LogP contribution in [0.3, 0.4) is 0 Å². The number of fused-ring (bicyclic) bond motifs is 3. The number of halogens is 1. The number of aromatic nitrogens is 2. The molecule has 0 spiro atoms. The van der Waals surface area contributed by atoms with Crippen molar-refractivity contribution in [2.24, 2.45) is 9.98 Å². The average molecular weight is 417 g/mol. The van der Waals surface area contributed by atoms with Gasteiger partial charge in [-0.15, -0.1) is 0 Å². The van der Waals surface area contributed by atoms with E-state index in [9.17, 15) is 4.79 Å². The second-order valence-electron chi connectivity index (χ2n) is 6.91. The fourth-order valence-electron chi connectivity index (χ4n) is 3.05. The van der Waals surface area contributed by atoms with Crippen LogP contribution in [0.1, 0.15) is 17.5 Å². The van der Waals surface area contributed by atoms with Gasteiger partial charge in [-0.05, 0) is 31.0 Å². The van der Waals surface area contributed by atoms with Crippen molar-refractivity contribution >= 4 is 46.1 Å². The second kappa shape index (κ2) is 7.60. The molecule has 4 rings (SSSR count). The third-order valence-electron chi connectivity index (χ3n) is 4.70. The minimum atomic E-state index is 0.0489. The van der Waals surface area contributed by atoms with Gasteiger partial charge in [-0.3, -0.25) is 9.79 Å². The molecule has 0 saturated heterocycles. The summed E-state index contributed by atoms with van der Waals surface area (Å²) < 4.78 is 1.78. The highest BCUT2D eigenvalue weighted by atomic mass is 35.5. The number of aliphatic imine (C=N–C) groups is 2. The molecule has 0 radical (unpaired) electrons. The molecule has 3 heterocycles. The van der Waals surface area contributed by atoms with E-state index in [0.717, 1.165) is 53.1 Å².